The van der Waals surface area contributed by atoms with Crippen molar-refractivity contribution in [1.29, 1.82) is 5.41 Å². The van der Waals surface area contributed by atoms with Crippen molar-refractivity contribution in [2.45, 2.75) is 6.42 Å². The van der Waals surface area contributed by atoms with E-state index in [2.05, 4.69) is 0 Å². The first-order chi connectivity index (χ1) is 2.77. The van der Waals surface area contributed by atoms with E-state index in [1.54, 1.807) is 0 Å². The maximum Gasteiger partial charge on any atom is 0.0918 e. The van der Waals surface area contributed by atoms with Crippen LogP contribution in [0.3, 0.4) is 0 Å². The highest BCUT2D eigenvalue weighted by atomic mass is 35.5. The van der Waals surface area contributed by atoms with Crippen molar-refractivity contribution in [2.24, 2.45) is 11.5 Å². The van der Waals surface area contributed by atoms with E-state index in [1.165, 1.54) is 0 Å². The summed E-state index contributed by atoms with van der Waals surface area (Å²) < 4.78 is 0. The normalized spacial score (nSPS) is 6.12. The van der Waals surface area contributed by atoms with E-state index in [0.29, 0.717) is 13.0 Å². The summed E-state index contributed by atoms with van der Waals surface area (Å²) in [6, 6.07) is 0. The molecule has 0 aliphatic heterocycles. The second-order valence-corrected chi connectivity index (χ2v) is 1.06. The van der Waals surface area contributed by atoms with E-state index < -0.39 is 0 Å². The minimum Gasteiger partial charge on any atom is -0.388 e. The summed E-state index contributed by atoms with van der Waals surface area (Å²) >= 11 is 0. The topological polar surface area (TPSA) is 75.9 Å². The Balaban J connectivity index is -0.000000125. The number of nitrogens with two attached hydrogens (primary N) is 2. The summed E-state index contributed by atoms with van der Waals surface area (Å²) in [6.45, 7) is 0.481. The molecular formula is C3H11Cl2N3. The van der Waals surface area contributed by atoms with Gasteiger partial charge in [-0.3, -0.25) is 5.41 Å². The van der Waals surface area contributed by atoms with E-state index in [9.17, 15) is 0 Å². The van der Waals surface area contributed by atoms with Crippen LogP contribution in [0.4, 0.5) is 0 Å². The molecule has 5 heteroatoms. The van der Waals surface area contributed by atoms with Crippen LogP contribution in [0.25, 0.3) is 0 Å². The van der Waals surface area contributed by atoms with Crippen LogP contribution in [0.2, 0.25) is 0 Å². The molecule has 52 valence electrons. The van der Waals surface area contributed by atoms with E-state index in [1.807, 2.05) is 0 Å². The third-order valence-electron chi connectivity index (χ3n) is 0.414. The molecule has 0 atom stereocenters. The van der Waals surface area contributed by atoms with Gasteiger partial charge in [0, 0.05) is 6.42 Å². The molecule has 0 bridgehead atoms. The summed E-state index contributed by atoms with van der Waals surface area (Å²) in [7, 11) is 0. The first-order valence-electron chi connectivity index (χ1n) is 1.80. The van der Waals surface area contributed by atoms with Crippen LogP contribution < -0.4 is 11.5 Å². The molecule has 8 heavy (non-hydrogen) atoms. The molecule has 0 aromatic rings. The Morgan fingerprint density at radius 3 is 1.75 bits per heavy atom. The van der Waals surface area contributed by atoms with Crippen molar-refractivity contribution >= 4 is 30.6 Å². The second kappa shape index (κ2) is 10.1. The maximum atomic E-state index is 6.59. The summed E-state index contributed by atoms with van der Waals surface area (Å²) in [4.78, 5) is 0. The molecule has 0 heterocycles. The highest BCUT2D eigenvalue weighted by Crippen LogP contribution is 1.64. The summed E-state index contributed by atoms with van der Waals surface area (Å²) in [6.07, 6.45) is 0.514. The predicted molar refractivity (Wildman–Crippen MR) is 40.1 cm³/mol. The Hall–Kier alpha value is 0.01000. The molecule has 0 unspecified atom stereocenters. The minimum atomic E-state index is 0. The number of halogens is 2. The lowest BCUT2D eigenvalue weighted by atomic mass is 10.4. The number of hydrogen-bond donors (Lipinski definition) is 3. The molecule has 0 amide bonds. The molecule has 0 fully saturated rings. The third-order valence-corrected chi connectivity index (χ3v) is 0.414. The fourth-order valence-electron chi connectivity index (χ4n) is 0.156. The maximum absolute atomic E-state index is 6.59. The van der Waals surface area contributed by atoms with Gasteiger partial charge < -0.3 is 11.5 Å². The molecule has 0 spiro atoms. The van der Waals surface area contributed by atoms with Crippen molar-refractivity contribution in [3.05, 3.63) is 0 Å². The quantitative estimate of drug-likeness (QED) is 0.396. The fourth-order valence-corrected chi connectivity index (χ4v) is 0.156. The summed E-state index contributed by atoms with van der Waals surface area (Å²) in [5, 5.41) is 6.59. The third kappa shape index (κ3) is 16.7. The zero-order chi connectivity index (χ0) is 4.99. The predicted octanol–water partition coefficient (Wildman–Crippen LogP) is 0.115. The van der Waals surface area contributed by atoms with Gasteiger partial charge in [0.1, 0.15) is 0 Å². The largest absolute Gasteiger partial charge is 0.388 e. The van der Waals surface area contributed by atoms with Crippen LogP contribution >= 0.6 is 24.8 Å². The number of amidine groups is 1. The van der Waals surface area contributed by atoms with Gasteiger partial charge in [0.2, 0.25) is 0 Å². The highest BCUT2D eigenvalue weighted by Gasteiger charge is 1.79. The van der Waals surface area contributed by atoms with Crippen molar-refractivity contribution < 1.29 is 0 Å². The van der Waals surface area contributed by atoms with Crippen LogP contribution in [-0.2, 0) is 0 Å². The van der Waals surface area contributed by atoms with E-state index >= 15 is 0 Å². The van der Waals surface area contributed by atoms with Crippen LogP contribution in [-0.4, -0.2) is 12.4 Å². The lowest BCUT2D eigenvalue weighted by Gasteiger charge is -1.86. The van der Waals surface area contributed by atoms with Gasteiger partial charge in [-0.05, 0) is 6.54 Å². The van der Waals surface area contributed by atoms with Gasteiger partial charge in [-0.2, -0.15) is 0 Å². The van der Waals surface area contributed by atoms with Gasteiger partial charge in [-0.1, -0.05) is 0 Å². The van der Waals surface area contributed by atoms with Crippen LogP contribution in [0.1, 0.15) is 6.42 Å². The first-order valence-corrected chi connectivity index (χ1v) is 1.80. The first kappa shape index (κ1) is 15.7. The molecule has 0 radical (unpaired) electrons. The lowest BCUT2D eigenvalue weighted by molar-refractivity contribution is 1.02. The van der Waals surface area contributed by atoms with Gasteiger partial charge >= 0.3 is 0 Å². The van der Waals surface area contributed by atoms with Gasteiger partial charge in [0.15, 0.2) is 0 Å². The molecule has 5 N–H and O–H groups in total. The van der Waals surface area contributed by atoms with Gasteiger partial charge in [-0.25, -0.2) is 0 Å². The van der Waals surface area contributed by atoms with E-state index in [0.717, 1.165) is 0 Å². The summed E-state index contributed by atoms with van der Waals surface area (Å²) in [5.41, 5.74) is 9.91. The van der Waals surface area contributed by atoms with Crippen molar-refractivity contribution in [1.82, 2.24) is 0 Å². The molecule has 0 saturated heterocycles. The fraction of sp³-hybridized carbons (Fsp3) is 0.667. The molecule has 0 aliphatic carbocycles. The molecule has 3 nitrogen and oxygen atoms in total. The number of nitrogens with one attached hydrogen (secondary N) is 1. The van der Waals surface area contributed by atoms with Crippen LogP contribution in [0.5, 0.6) is 0 Å². The molecule has 0 aromatic heterocycles. The SMILES string of the molecule is Cl.Cl.N=C(N)CCN. The van der Waals surface area contributed by atoms with Gasteiger partial charge in [0.05, 0.1) is 5.84 Å². The van der Waals surface area contributed by atoms with Crippen LogP contribution in [0.15, 0.2) is 0 Å². The average molecular weight is 160 g/mol. The van der Waals surface area contributed by atoms with E-state index in [4.69, 9.17) is 16.9 Å². The lowest BCUT2D eigenvalue weighted by Crippen LogP contribution is -2.14. The Kier molecular flexibility index (Phi) is 19.8. The van der Waals surface area contributed by atoms with E-state index in [-0.39, 0.29) is 30.6 Å². The smallest absolute Gasteiger partial charge is 0.0918 e. The molecule has 0 rings (SSSR count). The monoisotopic (exact) mass is 159 g/mol. The van der Waals surface area contributed by atoms with Gasteiger partial charge in [-0.15, -0.1) is 24.8 Å². The highest BCUT2D eigenvalue weighted by molar-refractivity contribution is 5.85. The minimum absolute atomic E-state index is 0. The van der Waals surface area contributed by atoms with Crippen molar-refractivity contribution in [3.8, 4) is 0 Å². The van der Waals surface area contributed by atoms with Crippen LogP contribution in [0, 0.1) is 5.41 Å². The Labute approximate surface area is 61.1 Å². The van der Waals surface area contributed by atoms with Crippen molar-refractivity contribution in [3.63, 3.8) is 0 Å². The molecule has 0 saturated carbocycles. The number of rotatable bonds is 2. The number of hydrogen-bond acceptors (Lipinski definition) is 2. The Bertz CT molecular complexity index is 56.5. The van der Waals surface area contributed by atoms with Gasteiger partial charge in [0.25, 0.3) is 0 Å². The molecule has 0 aliphatic rings. The zero-order valence-corrected chi connectivity index (χ0v) is 6.02. The van der Waals surface area contributed by atoms with Crippen molar-refractivity contribution in [2.75, 3.05) is 6.54 Å². The second-order valence-electron chi connectivity index (χ2n) is 1.06. The standard InChI is InChI=1S/C3H9N3.2ClH/c4-2-1-3(5)6;;/h1-2,4H2,(H3,5,6);2*1H. The average Bonchev–Trinajstić information content (AvgIpc) is 1.35. The molecule has 0 aromatic carbocycles. The Morgan fingerprint density at radius 1 is 1.38 bits per heavy atom. The summed E-state index contributed by atoms with van der Waals surface area (Å²) in [5.74, 6) is 0.164. The molecular weight excluding hydrogens is 149 g/mol. The zero-order valence-electron chi connectivity index (χ0n) is 4.39. The Morgan fingerprint density at radius 2 is 1.75 bits per heavy atom.